The smallest absolute Gasteiger partial charge is 0.323 e. The number of nitrogens with two attached hydrogens (primary N) is 2. The summed E-state index contributed by atoms with van der Waals surface area (Å²) in [6.07, 6.45) is 3.61. The van der Waals surface area contributed by atoms with E-state index in [0.717, 1.165) is 0 Å². The van der Waals surface area contributed by atoms with Crippen molar-refractivity contribution in [2.45, 2.75) is 69.7 Å². The number of aromatic nitrogens is 4. The topological polar surface area (TPSA) is 199 Å². The molecule has 0 aliphatic rings. The van der Waals surface area contributed by atoms with Crippen LogP contribution in [-0.4, -0.2) is 66.6 Å². The number of carbonyl (C=O) groups excluding carboxylic acids is 3. The Bertz CT molecular complexity index is 1610. The molecule has 7 N–H and O–H groups in total. The average Bonchev–Trinajstić information content (AvgIpc) is 3.50. The SMILES string of the molecule is CC(C)(O)CC[C@H](C[C@@H](OC(=O)[C@@H](N)Cc1cnc[nH]1)[C@H](Cc1cccc(F)c1)NC(=O)c1cnc2ccccc2n1)C(N)=O. The summed E-state index contributed by atoms with van der Waals surface area (Å²) in [6, 6.07) is 10.8. The number of fused-ring (bicyclic) bond motifs is 1. The van der Waals surface area contributed by atoms with E-state index in [2.05, 4.69) is 25.3 Å². The van der Waals surface area contributed by atoms with Crippen molar-refractivity contribution in [1.82, 2.24) is 25.3 Å². The Morgan fingerprint density at radius 2 is 1.84 bits per heavy atom. The number of nitrogens with one attached hydrogen (secondary N) is 2. The predicted octanol–water partition coefficient (Wildman–Crippen LogP) is 2.36. The maximum absolute atomic E-state index is 14.2. The van der Waals surface area contributed by atoms with E-state index >= 15 is 0 Å². The van der Waals surface area contributed by atoms with Crippen molar-refractivity contribution in [2.75, 3.05) is 0 Å². The van der Waals surface area contributed by atoms with Gasteiger partial charge in [0.25, 0.3) is 5.91 Å². The highest BCUT2D eigenvalue weighted by Gasteiger charge is 2.34. The molecule has 0 radical (unpaired) electrons. The lowest BCUT2D eigenvalue weighted by Crippen LogP contribution is -2.50. The number of ether oxygens (including phenoxy) is 1. The van der Waals surface area contributed by atoms with Gasteiger partial charge in [0, 0.05) is 24.2 Å². The lowest BCUT2D eigenvalue weighted by atomic mass is 9.87. The Morgan fingerprint density at radius 1 is 1.09 bits per heavy atom. The molecule has 45 heavy (non-hydrogen) atoms. The molecule has 2 aromatic carbocycles. The molecule has 0 saturated heterocycles. The van der Waals surface area contributed by atoms with Gasteiger partial charge in [-0.15, -0.1) is 0 Å². The first-order chi connectivity index (χ1) is 21.4. The molecule has 0 fully saturated rings. The molecule has 4 atom stereocenters. The minimum atomic E-state index is -1.13. The third-order valence-corrected chi connectivity index (χ3v) is 7.38. The van der Waals surface area contributed by atoms with Crippen molar-refractivity contribution in [3.8, 4) is 0 Å². The summed E-state index contributed by atoms with van der Waals surface area (Å²) >= 11 is 0. The van der Waals surface area contributed by atoms with Crippen LogP contribution >= 0.6 is 0 Å². The van der Waals surface area contributed by atoms with E-state index < -0.39 is 53.3 Å². The Morgan fingerprint density at radius 3 is 2.51 bits per heavy atom. The summed E-state index contributed by atoms with van der Waals surface area (Å²) in [4.78, 5) is 55.0. The van der Waals surface area contributed by atoms with E-state index in [0.29, 0.717) is 22.3 Å². The number of esters is 1. The molecule has 0 aliphatic carbocycles. The lowest BCUT2D eigenvalue weighted by Gasteiger charge is -2.31. The number of rotatable bonds is 15. The van der Waals surface area contributed by atoms with Gasteiger partial charge >= 0.3 is 5.97 Å². The highest BCUT2D eigenvalue weighted by Crippen LogP contribution is 2.24. The molecule has 2 heterocycles. The summed E-state index contributed by atoms with van der Waals surface area (Å²) in [5.41, 5.74) is 13.1. The lowest BCUT2D eigenvalue weighted by molar-refractivity contribution is -0.154. The number of aliphatic hydroxyl groups is 1. The molecule has 0 saturated carbocycles. The van der Waals surface area contributed by atoms with Crippen LogP contribution in [-0.2, 0) is 27.2 Å². The van der Waals surface area contributed by atoms with Crippen molar-refractivity contribution < 1.29 is 28.6 Å². The van der Waals surface area contributed by atoms with Gasteiger partial charge in [0.2, 0.25) is 5.91 Å². The number of imidazole rings is 1. The molecule has 12 nitrogen and oxygen atoms in total. The highest BCUT2D eigenvalue weighted by atomic mass is 19.1. The van der Waals surface area contributed by atoms with Gasteiger partial charge < -0.3 is 31.6 Å². The van der Waals surface area contributed by atoms with Crippen LogP contribution in [0.3, 0.4) is 0 Å². The number of halogens is 1. The quantitative estimate of drug-likeness (QED) is 0.124. The first-order valence-electron chi connectivity index (χ1n) is 14.6. The highest BCUT2D eigenvalue weighted by molar-refractivity contribution is 5.94. The van der Waals surface area contributed by atoms with E-state index in [9.17, 15) is 23.9 Å². The van der Waals surface area contributed by atoms with Gasteiger partial charge in [-0.1, -0.05) is 24.3 Å². The van der Waals surface area contributed by atoms with Crippen LogP contribution in [0.25, 0.3) is 11.0 Å². The number of H-pyrrole nitrogens is 1. The minimum Gasteiger partial charge on any atom is -0.459 e. The Balaban J connectivity index is 1.67. The fraction of sp³-hybridized carbons (Fsp3) is 0.375. The van der Waals surface area contributed by atoms with Crippen LogP contribution in [0.15, 0.2) is 67.3 Å². The normalized spacial score (nSPS) is 14.3. The number of amides is 2. The minimum absolute atomic E-state index is 0.00689. The fourth-order valence-corrected chi connectivity index (χ4v) is 4.93. The van der Waals surface area contributed by atoms with Crippen LogP contribution in [0.5, 0.6) is 0 Å². The monoisotopic (exact) mass is 619 g/mol. The number of para-hydroxylation sites is 2. The fourth-order valence-electron chi connectivity index (χ4n) is 4.93. The standard InChI is InChI=1S/C32H38FN7O5/c1-32(2,44)11-10-20(29(35)41)14-28(45-31(43)23(34)15-22-16-36-18-38-22)26(13-19-6-5-7-21(33)12-19)40-30(42)27-17-37-24-8-3-4-9-25(24)39-27/h3-9,12,16-18,20,23,26,28,44H,10-11,13-15,34H2,1-2H3,(H2,35,41)(H,36,38)(H,40,42)/t20-,23+,26+,28-/m1/s1. The van der Waals surface area contributed by atoms with Crippen molar-refractivity contribution >= 4 is 28.8 Å². The molecular weight excluding hydrogens is 581 g/mol. The third-order valence-electron chi connectivity index (χ3n) is 7.38. The number of benzene rings is 2. The number of hydrogen-bond acceptors (Lipinski definition) is 9. The first-order valence-corrected chi connectivity index (χ1v) is 14.6. The molecule has 4 rings (SSSR count). The Kier molecular flexibility index (Phi) is 10.9. The molecule has 13 heteroatoms. The zero-order chi connectivity index (χ0) is 32.6. The summed E-state index contributed by atoms with van der Waals surface area (Å²) in [5.74, 6) is -3.41. The van der Waals surface area contributed by atoms with Gasteiger partial charge in [0.05, 0.1) is 35.2 Å². The van der Waals surface area contributed by atoms with E-state index in [4.69, 9.17) is 16.2 Å². The molecule has 2 amide bonds. The van der Waals surface area contributed by atoms with E-state index in [1.54, 1.807) is 44.2 Å². The summed E-state index contributed by atoms with van der Waals surface area (Å²) in [5, 5.41) is 13.2. The van der Waals surface area contributed by atoms with Crippen LogP contribution in [0.2, 0.25) is 0 Å². The largest absolute Gasteiger partial charge is 0.459 e. The second-order valence-corrected chi connectivity index (χ2v) is 11.7. The number of carbonyl (C=O) groups is 3. The zero-order valence-electron chi connectivity index (χ0n) is 25.2. The number of primary amides is 1. The van der Waals surface area contributed by atoms with Gasteiger partial charge in [-0.3, -0.25) is 19.4 Å². The molecule has 4 aromatic rings. The van der Waals surface area contributed by atoms with Crippen molar-refractivity contribution in [2.24, 2.45) is 17.4 Å². The Labute approximate surface area is 259 Å². The van der Waals surface area contributed by atoms with Gasteiger partial charge in [-0.2, -0.15) is 0 Å². The average molecular weight is 620 g/mol. The summed E-state index contributed by atoms with van der Waals surface area (Å²) in [7, 11) is 0. The molecule has 0 bridgehead atoms. The molecule has 0 spiro atoms. The molecule has 238 valence electrons. The number of hydrogen-bond donors (Lipinski definition) is 5. The third kappa shape index (κ3) is 9.88. The van der Waals surface area contributed by atoms with Crippen molar-refractivity contribution in [3.63, 3.8) is 0 Å². The number of nitrogens with zero attached hydrogens (tertiary/aromatic N) is 3. The Hall–Kier alpha value is -4.75. The molecular formula is C32H38FN7O5. The van der Waals surface area contributed by atoms with Crippen LogP contribution < -0.4 is 16.8 Å². The molecule has 2 aromatic heterocycles. The van der Waals surface area contributed by atoms with Gasteiger partial charge in [0.1, 0.15) is 23.7 Å². The van der Waals surface area contributed by atoms with Crippen molar-refractivity contribution in [1.29, 1.82) is 0 Å². The van der Waals surface area contributed by atoms with Gasteiger partial charge in [-0.25, -0.2) is 14.4 Å². The zero-order valence-corrected chi connectivity index (χ0v) is 25.2. The van der Waals surface area contributed by atoms with Crippen molar-refractivity contribution in [3.05, 3.63) is 90.0 Å². The second-order valence-electron chi connectivity index (χ2n) is 11.7. The second kappa shape index (κ2) is 14.8. The predicted molar refractivity (Wildman–Crippen MR) is 164 cm³/mol. The summed E-state index contributed by atoms with van der Waals surface area (Å²) < 4.78 is 20.2. The number of aromatic amines is 1. The van der Waals surface area contributed by atoms with E-state index in [-0.39, 0.29) is 37.8 Å². The van der Waals surface area contributed by atoms with Crippen LogP contribution in [0, 0.1) is 11.7 Å². The maximum Gasteiger partial charge on any atom is 0.323 e. The maximum atomic E-state index is 14.2. The van der Waals surface area contributed by atoms with Gasteiger partial charge in [-0.05, 0) is 69.4 Å². The van der Waals surface area contributed by atoms with Gasteiger partial charge in [0.15, 0.2) is 0 Å². The van der Waals surface area contributed by atoms with E-state index in [1.807, 2.05) is 0 Å². The van der Waals surface area contributed by atoms with Crippen LogP contribution in [0.1, 0.15) is 54.9 Å². The van der Waals surface area contributed by atoms with Crippen LogP contribution in [0.4, 0.5) is 4.39 Å². The first kappa shape index (κ1) is 33.1. The molecule has 0 aliphatic heterocycles. The molecule has 0 unspecified atom stereocenters. The van der Waals surface area contributed by atoms with E-state index in [1.165, 1.54) is 36.9 Å². The summed E-state index contributed by atoms with van der Waals surface area (Å²) in [6.45, 7) is 3.21.